The monoisotopic (exact) mass is 318 g/mol. The predicted molar refractivity (Wildman–Crippen MR) is 90.6 cm³/mol. The first-order valence-electron chi connectivity index (χ1n) is 9.08. The molecule has 4 aliphatic carbocycles. The molecule has 4 rings (SSSR count). The maximum Gasteiger partial charge on any atom is 0.151 e. The topological polar surface area (TPSA) is 17.1 Å². The summed E-state index contributed by atoms with van der Waals surface area (Å²) < 4.78 is 0. The highest BCUT2D eigenvalue weighted by molar-refractivity contribution is 6.33. The summed E-state index contributed by atoms with van der Waals surface area (Å²) in [5.41, 5.74) is 2.72. The van der Waals surface area contributed by atoms with Crippen molar-refractivity contribution in [1.29, 1.82) is 0 Å². The SMILES string of the molecule is C[C@]12CCC3[C@@H](CC[C@H]4CCCC[C@]34C)C1=CC(C=O)=C2Cl. The molecule has 1 nitrogen and oxygen atoms in total. The van der Waals surface area contributed by atoms with Crippen LogP contribution in [0.15, 0.2) is 22.3 Å². The smallest absolute Gasteiger partial charge is 0.151 e. The molecule has 0 bridgehead atoms. The van der Waals surface area contributed by atoms with Crippen molar-refractivity contribution in [3.63, 3.8) is 0 Å². The Morgan fingerprint density at radius 1 is 1.14 bits per heavy atom. The lowest BCUT2D eigenvalue weighted by atomic mass is 9.47. The number of rotatable bonds is 1. The fourth-order valence-electron chi connectivity index (χ4n) is 6.47. The van der Waals surface area contributed by atoms with E-state index in [-0.39, 0.29) is 5.41 Å². The van der Waals surface area contributed by atoms with E-state index in [9.17, 15) is 4.79 Å². The molecule has 120 valence electrons. The van der Waals surface area contributed by atoms with Crippen LogP contribution in [0.4, 0.5) is 0 Å². The average Bonchev–Trinajstić information content (AvgIpc) is 2.78. The maximum absolute atomic E-state index is 11.4. The van der Waals surface area contributed by atoms with Crippen LogP contribution in [0.2, 0.25) is 0 Å². The van der Waals surface area contributed by atoms with E-state index in [2.05, 4.69) is 19.9 Å². The molecule has 0 aromatic heterocycles. The summed E-state index contributed by atoms with van der Waals surface area (Å²) in [5.74, 6) is 2.40. The van der Waals surface area contributed by atoms with E-state index >= 15 is 0 Å². The van der Waals surface area contributed by atoms with Gasteiger partial charge in [0.2, 0.25) is 0 Å². The lowest BCUT2D eigenvalue weighted by molar-refractivity contribution is -0.104. The van der Waals surface area contributed by atoms with Gasteiger partial charge in [-0.3, -0.25) is 4.79 Å². The van der Waals surface area contributed by atoms with Crippen LogP contribution in [0.5, 0.6) is 0 Å². The van der Waals surface area contributed by atoms with E-state index in [0.717, 1.165) is 35.1 Å². The highest BCUT2D eigenvalue weighted by Gasteiger charge is 2.56. The van der Waals surface area contributed by atoms with Crippen molar-refractivity contribution >= 4 is 17.9 Å². The summed E-state index contributed by atoms with van der Waals surface area (Å²) in [7, 11) is 0. The molecule has 0 N–H and O–H groups in total. The highest BCUT2D eigenvalue weighted by Crippen LogP contribution is 2.65. The molecule has 5 atom stereocenters. The molecule has 0 radical (unpaired) electrons. The third-order valence-electron chi connectivity index (χ3n) is 7.78. The normalized spacial score (nSPS) is 47.4. The Morgan fingerprint density at radius 3 is 2.73 bits per heavy atom. The second kappa shape index (κ2) is 4.97. The first kappa shape index (κ1) is 15.0. The zero-order chi connectivity index (χ0) is 15.5. The second-order valence-electron chi connectivity index (χ2n) is 8.60. The molecule has 1 unspecified atom stereocenters. The van der Waals surface area contributed by atoms with Crippen molar-refractivity contribution in [3.8, 4) is 0 Å². The standard InChI is InChI=1S/C20H27ClO/c1-19-9-4-3-5-14(19)6-7-15-16(19)8-10-20(2)17(15)11-13(12-22)18(20)21/h11-12,14-16H,3-10H2,1-2H3/t14-,15-,16?,19+,20+/m1/s1. The van der Waals surface area contributed by atoms with Gasteiger partial charge >= 0.3 is 0 Å². The molecule has 0 amide bonds. The van der Waals surface area contributed by atoms with Crippen LogP contribution in [-0.2, 0) is 4.79 Å². The van der Waals surface area contributed by atoms with Gasteiger partial charge in [0.1, 0.15) is 0 Å². The summed E-state index contributed by atoms with van der Waals surface area (Å²) in [5, 5.41) is 0.812. The summed E-state index contributed by atoms with van der Waals surface area (Å²) >= 11 is 6.59. The lowest BCUT2D eigenvalue weighted by Crippen LogP contribution is -2.49. The molecular formula is C20H27ClO. The summed E-state index contributed by atoms with van der Waals surface area (Å²) in [6, 6.07) is 0. The minimum Gasteiger partial charge on any atom is -0.298 e. The molecule has 0 aromatic rings. The molecule has 0 saturated heterocycles. The van der Waals surface area contributed by atoms with Crippen LogP contribution in [0, 0.1) is 28.6 Å². The summed E-state index contributed by atoms with van der Waals surface area (Å²) in [6.45, 7) is 4.84. The molecule has 0 aromatic carbocycles. The van der Waals surface area contributed by atoms with Crippen molar-refractivity contribution in [1.82, 2.24) is 0 Å². The van der Waals surface area contributed by atoms with Crippen molar-refractivity contribution < 1.29 is 4.79 Å². The molecule has 0 spiro atoms. The molecule has 22 heavy (non-hydrogen) atoms. The number of halogens is 1. The Balaban J connectivity index is 1.72. The Morgan fingerprint density at radius 2 is 1.95 bits per heavy atom. The first-order valence-corrected chi connectivity index (χ1v) is 9.46. The van der Waals surface area contributed by atoms with Gasteiger partial charge in [-0.05, 0) is 61.7 Å². The van der Waals surface area contributed by atoms with Gasteiger partial charge in [0.25, 0.3) is 0 Å². The third-order valence-corrected chi connectivity index (χ3v) is 8.41. The molecule has 0 aliphatic heterocycles. The van der Waals surface area contributed by atoms with Crippen molar-refractivity contribution in [3.05, 3.63) is 22.3 Å². The molecule has 0 heterocycles. The fraction of sp³-hybridized carbons (Fsp3) is 0.750. The van der Waals surface area contributed by atoms with Crippen LogP contribution >= 0.6 is 11.6 Å². The van der Waals surface area contributed by atoms with Gasteiger partial charge in [-0.25, -0.2) is 0 Å². The molecule has 2 heteroatoms. The van der Waals surface area contributed by atoms with Gasteiger partial charge in [0.15, 0.2) is 6.29 Å². The van der Waals surface area contributed by atoms with Gasteiger partial charge in [0.05, 0.1) is 0 Å². The second-order valence-corrected chi connectivity index (χ2v) is 8.97. The van der Waals surface area contributed by atoms with Gasteiger partial charge in [-0.15, -0.1) is 0 Å². The van der Waals surface area contributed by atoms with E-state index in [1.807, 2.05) is 0 Å². The van der Waals surface area contributed by atoms with E-state index in [1.54, 1.807) is 0 Å². The summed E-state index contributed by atoms with van der Waals surface area (Å²) in [4.78, 5) is 11.4. The molecule has 3 fully saturated rings. The Hall–Kier alpha value is -0.560. The Labute approximate surface area is 139 Å². The molecular weight excluding hydrogens is 292 g/mol. The number of aldehydes is 1. The summed E-state index contributed by atoms with van der Waals surface area (Å²) in [6.07, 6.45) is 13.9. The van der Waals surface area contributed by atoms with Gasteiger partial charge in [-0.1, -0.05) is 49.9 Å². The van der Waals surface area contributed by atoms with E-state index in [1.165, 1.54) is 50.5 Å². The van der Waals surface area contributed by atoms with Crippen LogP contribution in [0.1, 0.15) is 65.2 Å². The number of carbonyl (C=O) groups is 1. The minimum atomic E-state index is -0.0448. The van der Waals surface area contributed by atoms with Gasteiger partial charge in [0, 0.05) is 16.0 Å². The van der Waals surface area contributed by atoms with E-state index in [0.29, 0.717) is 11.3 Å². The van der Waals surface area contributed by atoms with Crippen LogP contribution in [0.25, 0.3) is 0 Å². The Bertz CT molecular complexity index is 574. The van der Waals surface area contributed by atoms with Crippen molar-refractivity contribution in [2.45, 2.75) is 65.2 Å². The van der Waals surface area contributed by atoms with Gasteiger partial charge < -0.3 is 0 Å². The number of carbonyl (C=O) groups excluding carboxylic acids is 1. The average molecular weight is 319 g/mol. The van der Waals surface area contributed by atoms with Gasteiger partial charge in [-0.2, -0.15) is 0 Å². The zero-order valence-electron chi connectivity index (χ0n) is 13.8. The lowest BCUT2D eigenvalue weighted by Gasteiger charge is -2.58. The number of hydrogen-bond acceptors (Lipinski definition) is 1. The fourth-order valence-corrected chi connectivity index (χ4v) is 6.78. The largest absolute Gasteiger partial charge is 0.298 e. The van der Waals surface area contributed by atoms with E-state index in [4.69, 9.17) is 11.6 Å². The number of fused-ring (bicyclic) bond motifs is 5. The number of allylic oxidation sites excluding steroid dienone is 4. The van der Waals surface area contributed by atoms with Crippen LogP contribution in [-0.4, -0.2) is 6.29 Å². The quantitative estimate of drug-likeness (QED) is 0.572. The van der Waals surface area contributed by atoms with Crippen LogP contribution in [0.3, 0.4) is 0 Å². The van der Waals surface area contributed by atoms with Crippen molar-refractivity contribution in [2.24, 2.45) is 28.6 Å². The Kier molecular flexibility index (Phi) is 3.39. The zero-order valence-corrected chi connectivity index (χ0v) is 14.6. The van der Waals surface area contributed by atoms with E-state index < -0.39 is 0 Å². The minimum absolute atomic E-state index is 0.0448. The third kappa shape index (κ3) is 1.81. The molecule has 4 aliphatic rings. The maximum atomic E-state index is 11.4. The molecule has 3 saturated carbocycles. The van der Waals surface area contributed by atoms with Crippen LogP contribution < -0.4 is 0 Å². The predicted octanol–water partition coefficient (Wildman–Crippen LogP) is 5.64. The van der Waals surface area contributed by atoms with Crippen molar-refractivity contribution in [2.75, 3.05) is 0 Å². The first-order chi connectivity index (χ1) is 10.5. The highest BCUT2D eigenvalue weighted by atomic mass is 35.5. The number of hydrogen-bond donors (Lipinski definition) is 0.